The average Bonchev–Trinajstić information content (AvgIpc) is 2.82. The molecule has 0 bridgehead atoms. The van der Waals surface area contributed by atoms with Gasteiger partial charge >= 0.3 is 0 Å². The molecule has 2 rings (SSSR count). The average molecular weight is 365 g/mol. The minimum absolute atomic E-state index is 0.0770. The SMILES string of the molecule is CCC(=O)Nc1ccc(C)c(NC(=O)c2n[nH]c(C)c2Br)c1. The van der Waals surface area contributed by atoms with Crippen LogP contribution >= 0.6 is 15.9 Å². The fraction of sp³-hybridized carbons (Fsp3) is 0.267. The van der Waals surface area contributed by atoms with Crippen LogP contribution in [-0.2, 0) is 4.79 Å². The van der Waals surface area contributed by atoms with Crippen molar-refractivity contribution in [1.82, 2.24) is 10.2 Å². The summed E-state index contributed by atoms with van der Waals surface area (Å²) in [5.41, 5.74) is 3.24. The van der Waals surface area contributed by atoms with Crippen LogP contribution in [0.5, 0.6) is 0 Å². The second-order valence-electron chi connectivity index (χ2n) is 4.90. The van der Waals surface area contributed by atoms with Crippen molar-refractivity contribution in [2.24, 2.45) is 0 Å². The number of halogens is 1. The second-order valence-corrected chi connectivity index (χ2v) is 5.69. The number of aromatic amines is 1. The molecule has 0 spiro atoms. The molecule has 3 N–H and O–H groups in total. The highest BCUT2D eigenvalue weighted by molar-refractivity contribution is 9.10. The van der Waals surface area contributed by atoms with E-state index in [1.165, 1.54) is 0 Å². The van der Waals surface area contributed by atoms with Crippen LogP contribution in [0.15, 0.2) is 22.7 Å². The summed E-state index contributed by atoms with van der Waals surface area (Å²) in [6, 6.07) is 5.37. The van der Waals surface area contributed by atoms with Gasteiger partial charge in [-0.25, -0.2) is 0 Å². The summed E-state index contributed by atoms with van der Waals surface area (Å²) in [6.45, 7) is 5.48. The monoisotopic (exact) mass is 364 g/mol. The van der Waals surface area contributed by atoms with Gasteiger partial charge in [0.25, 0.3) is 5.91 Å². The molecule has 0 aliphatic carbocycles. The first-order chi connectivity index (χ1) is 10.4. The van der Waals surface area contributed by atoms with Gasteiger partial charge in [-0.1, -0.05) is 13.0 Å². The molecule has 1 aromatic carbocycles. The van der Waals surface area contributed by atoms with E-state index in [1.54, 1.807) is 19.1 Å². The lowest BCUT2D eigenvalue weighted by atomic mass is 10.1. The van der Waals surface area contributed by atoms with E-state index in [-0.39, 0.29) is 11.8 Å². The number of aromatic nitrogens is 2. The summed E-state index contributed by atoms with van der Waals surface area (Å²) < 4.78 is 0.637. The number of benzene rings is 1. The topological polar surface area (TPSA) is 86.9 Å². The highest BCUT2D eigenvalue weighted by atomic mass is 79.9. The van der Waals surface area contributed by atoms with Gasteiger partial charge in [0.05, 0.1) is 4.47 Å². The maximum atomic E-state index is 12.3. The van der Waals surface area contributed by atoms with Crippen LogP contribution in [0.1, 0.15) is 35.1 Å². The van der Waals surface area contributed by atoms with Crippen molar-refractivity contribution in [2.45, 2.75) is 27.2 Å². The lowest BCUT2D eigenvalue weighted by molar-refractivity contribution is -0.115. The standard InChI is InChI=1S/C15H17BrN4O2/c1-4-12(21)17-10-6-5-8(2)11(7-10)18-15(22)14-13(16)9(3)19-20-14/h5-7H,4H2,1-3H3,(H,17,21)(H,18,22)(H,19,20). The zero-order chi connectivity index (χ0) is 16.3. The van der Waals surface area contributed by atoms with E-state index >= 15 is 0 Å². The lowest BCUT2D eigenvalue weighted by Crippen LogP contribution is -2.15. The zero-order valence-electron chi connectivity index (χ0n) is 12.6. The Morgan fingerprint density at radius 1 is 1.27 bits per heavy atom. The maximum absolute atomic E-state index is 12.3. The predicted octanol–water partition coefficient (Wildman–Crippen LogP) is 3.39. The Balaban J connectivity index is 2.21. The molecule has 0 unspecified atom stereocenters. The molecule has 0 aliphatic rings. The molecule has 1 aromatic heterocycles. The molecule has 0 aliphatic heterocycles. The number of hydrogen-bond donors (Lipinski definition) is 3. The Bertz CT molecular complexity index is 724. The Labute approximate surface area is 136 Å². The first kappa shape index (κ1) is 16.2. The van der Waals surface area contributed by atoms with Crippen LogP contribution < -0.4 is 10.6 Å². The Kier molecular flexibility index (Phi) is 4.97. The maximum Gasteiger partial charge on any atom is 0.277 e. The number of H-pyrrole nitrogens is 1. The highest BCUT2D eigenvalue weighted by Crippen LogP contribution is 2.23. The fourth-order valence-electron chi connectivity index (χ4n) is 1.83. The summed E-state index contributed by atoms with van der Waals surface area (Å²) in [7, 11) is 0. The van der Waals surface area contributed by atoms with Crippen molar-refractivity contribution in [1.29, 1.82) is 0 Å². The van der Waals surface area contributed by atoms with E-state index in [2.05, 4.69) is 36.8 Å². The van der Waals surface area contributed by atoms with E-state index in [0.29, 0.717) is 28.0 Å². The van der Waals surface area contributed by atoms with Crippen molar-refractivity contribution in [3.63, 3.8) is 0 Å². The van der Waals surface area contributed by atoms with Gasteiger partial charge in [-0.05, 0) is 47.5 Å². The van der Waals surface area contributed by atoms with Gasteiger partial charge in [-0.3, -0.25) is 14.7 Å². The Hall–Kier alpha value is -2.15. The molecule has 116 valence electrons. The van der Waals surface area contributed by atoms with Crippen molar-refractivity contribution >= 4 is 39.1 Å². The second kappa shape index (κ2) is 6.74. The summed E-state index contributed by atoms with van der Waals surface area (Å²) in [6.07, 6.45) is 0.398. The summed E-state index contributed by atoms with van der Waals surface area (Å²) in [5, 5.41) is 12.3. The van der Waals surface area contributed by atoms with E-state index in [1.807, 2.05) is 19.9 Å². The number of carbonyl (C=O) groups is 2. The van der Waals surface area contributed by atoms with Crippen LogP contribution in [-0.4, -0.2) is 22.0 Å². The quantitative estimate of drug-likeness (QED) is 0.776. The molecule has 0 radical (unpaired) electrons. The van der Waals surface area contributed by atoms with Crippen molar-refractivity contribution < 1.29 is 9.59 Å². The summed E-state index contributed by atoms with van der Waals surface area (Å²) in [4.78, 5) is 23.7. The minimum Gasteiger partial charge on any atom is -0.326 e. The molecule has 0 fully saturated rings. The number of aryl methyl sites for hydroxylation is 2. The van der Waals surface area contributed by atoms with Crippen molar-refractivity contribution in [3.8, 4) is 0 Å². The molecular formula is C15H17BrN4O2. The molecule has 0 saturated heterocycles. The number of nitrogens with one attached hydrogen (secondary N) is 3. The number of hydrogen-bond acceptors (Lipinski definition) is 3. The van der Waals surface area contributed by atoms with Gasteiger partial charge < -0.3 is 10.6 Å². The third-order valence-corrected chi connectivity index (χ3v) is 4.15. The van der Waals surface area contributed by atoms with Gasteiger partial charge in [0.15, 0.2) is 5.69 Å². The molecule has 2 amide bonds. The highest BCUT2D eigenvalue weighted by Gasteiger charge is 2.16. The van der Waals surface area contributed by atoms with Crippen molar-refractivity contribution in [2.75, 3.05) is 10.6 Å². The fourth-order valence-corrected chi connectivity index (χ4v) is 2.19. The molecular weight excluding hydrogens is 348 g/mol. The molecule has 6 nitrogen and oxygen atoms in total. The van der Waals surface area contributed by atoms with Crippen LogP contribution in [0.3, 0.4) is 0 Å². The van der Waals surface area contributed by atoms with Gasteiger partial charge in [-0.15, -0.1) is 0 Å². The first-order valence-corrected chi connectivity index (χ1v) is 7.64. The molecule has 0 atom stereocenters. The molecule has 22 heavy (non-hydrogen) atoms. The van der Waals surface area contributed by atoms with Crippen molar-refractivity contribution in [3.05, 3.63) is 39.6 Å². The minimum atomic E-state index is -0.321. The third kappa shape index (κ3) is 3.54. The molecule has 2 aromatic rings. The number of anilines is 2. The van der Waals surface area contributed by atoms with Gasteiger partial charge in [0.1, 0.15) is 0 Å². The van der Waals surface area contributed by atoms with E-state index in [0.717, 1.165) is 11.3 Å². The lowest BCUT2D eigenvalue weighted by Gasteiger charge is -2.10. The van der Waals surface area contributed by atoms with Crippen LogP contribution in [0.2, 0.25) is 0 Å². The summed E-state index contributed by atoms with van der Waals surface area (Å²) >= 11 is 3.33. The number of nitrogens with zero attached hydrogens (tertiary/aromatic N) is 1. The van der Waals surface area contributed by atoms with Crippen LogP contribution in [0, 0.1) is 13.8 Å². The van der Waals surface area contributed by atoms with Crippen LogP contribution in [0.25, 0.3) is 0 Å². The predicted molar refractivity (Wildman–Crippen MR) is 89.1 cm³/mol. The Morgan fingerprint density at radius 2 is 2.00 bits per heavy atom. The number of rotatable bonds is 4. The largest absolute Gasteiger partial charge is 0.326 e. The molecule has 0 saturated carbocycles. The van der Waals surface area contributed by atoms with Crippen LogP contribution in [0.4, 0.5) is 11.4 Å². The third-order valence-electron chi connectivity index (χ3n) is 3.18. The zero-order valence-corrected chi connectivity index (χ0v) is 14.2. The van der Waals surface area contributed by atoms with Gasteiger partial charge in [0, 0.05) is 23.5 Å². The smallest absolute Gasteiger partial charge is 0.277 e. The number of carbonyl (C=O) groups excluding carboxylic acids is 2. The van der Waals surface area contributed by atoms with E-state index < -0.39 is 0 Å². The Morgan fingerprint density at radius 3 is 2.59 bits per heavy atom. The number of amides is 2. The van der Waals surface area contributed by atoms with Gasteiger partial charge in [-0.2, -0.15) is 5.10 Å². The van der Waals surface area contributed by atoms with E-state index in [9.17, 15) is 9.59 Å². The normalized spacial score (nSPS) is 10.4. The van der Waals surface area contributed by atoms with Gasteiger partial charge in [0.2, 0.25) is 5.91 Å². The van der Waals surface area contributed by atoms with E-state index in [4.69, 9.17) is 0 Å². The molecule has 1 heterocycles. The first-order valence-electron chi connectivity index (χ1n) is 6.84. The molecule has 7 heteroatoms. The summed E-state index contributed by atoms with van der Waals surface area (Å²) in [5.74, 6) is -0.398.